The number of fused-ring (bicyclic) bond motifs is 1. The summed E-state index contributed by atoms with van der Waals surface area (Å²) in [6, 6.07) is 15.4. The Labute approximate surface area is 105 Å². The molecule has 0 radical (unpaired) electrons. The molecule has 0 aliphatic heterocycles. The van der Waals surface area contributed by atoms with Crippen LogP contribution >= 0.6 is 0 Å². The molecule has 0 amide bonds. The average molecular weight is 238 g/mol. The normalized spacial score (nSPS) is 10.9. The average Bonchev–Trinajstić information content (AvgIpc) is 2.69. The second-order valence-corrected chi connectivity index (χ2v) is 4.40. The van der Waals surface area contributed by atoms with Gasteiger partial charge in [0.05, 0.1) is 11.0 Å². The first-order chi connectivity index (χ1) is 8.74. The van der Waals surface area contributed by atoms with E-state index in [1.165, 1.54) is 0 Å². The van der Waals surface area contributed by atoms with Gasteiger partial charge in [0.25, 0.3) is 0 Å². The van der Waals surface area contributed by atoms with E-state index in [1.54, 1.807) is 12.1 Å². The highest BCUT2D eigenvalue weighted by Gasteiger charge is 2.06. The smallest absolute Gasteiger partial charge is 0.115 e. The molecule has 0 bridgehead atoms. The van der Waals surface area contributed by atoms with Crippen molar-refractivity contribution < 1.29 is 5.11 Å². The highest BCUT2D eigenvalue weighted by Crippen LogP contribution is 2.18. The van der Waals surface area contributed by atoms with Crippen LogP contribution in [0.4, 0.5) is 0 Å². The van der Waals surface area contributed by atoms with Crippen molar-refractivity contribution in [3.05, 3.63) is 59.9 Å². The van der Waals surface area contributed by atoms with Gasteiger partial charge in [0, 0.05) is 6.54 Å². The third kappa shape index (κ3) is 1.84. The van der Waals surface area contributed by atoms with Crippen LogP contribution in [0.25, 0.3) is 11.0 Å². The largest absolute Gasteiger partial charge is 0.508 e. The molecule has 90 valence electrons. The number of para-hydroxylation sites is 2. The number of nitrogens with zero attached hydrogens (tertiary/aromatic N) is 2. The zero-order valence-electron chi connectivity index (χ0n) is 10.2. The van der Waals surface area contributed by atoms with E-state index >= 15 is 0 Å². The van der Waals surface area contributed by atoms with Gasteiger partial charge in [-0.15, -0.1) is 0 Å². The number of hydrogen-bond donors (Lipinski definition) is 1. The van der Waals surface area contributed by atoms with Gasteiger partial charge in [0.1, 0.15) is 11.6 Å². The molecule has 3 heteroatoms. The molecule has 1 N–H and O–H groups in total. The monoisotopic (exact) mass is 238 g/mol. The predicted octanol–water partition coefficient (Wildman–Crippen LogP) is 3.10. The van der Waals surface area contributed by atoms with Gasteiger partial charge >= 0.3 is 0 Å². The molecule has 3 rings (SSSR count). The predicted molar refractivity (Wildman–Crippen MR) is 71.7 cm³/mol. The lowest BCUT2D eigenvalue weighted by molar-refractivity contribution is 0.475. The van der Waals surface area contributed by atoms with Crippen LogP contribution in [0.2, 0.25) is 0 Å². The number of imidazole rings is 1. The Balaban J connectivity index is 2.04. The SMILES string of the molecule is Cc1nc2ccccc2n1Cc1ccc(O)cc1. The highest BCUT2D eigenvalue weighted by molar-refractivity contribution is 5.75. The Bertz CT molecular complexity index is 683. The van der Waals surface area contributed by atoms with E-state index in [9.17, 15) is 5.11 Å². The van der Waals surface area contributed by atoms with Crippen LogP contribution in [0.5, 0.6) is 5.75 Å². The van der Waals surface area contributed by atoms with Crippen LogP contribution < -0.4 is 0 Å². The molecule has 0 fully saturated rings. The van der Waals surface area contributed by atoms with Crippen LogP contribution in [0.15, 0.2) is 48.5 Å². The lowest BCUT2D eigenvalue weighted by Gasteiger charge is -2.07. The molecule has 1 heterocycles. The first-order valence-corrected chi connectivity index (χ1v) is 5.94. The van der Waals surface area contributed by atoms with Gasteiger partial charge in [-0.25, -0.2) is 4.98 Å². The molecule has 0 saturated carbocycles. The van der Waals surface area contributed by atoms with Gasteiger partial charge in [0.15, 0.2) is 0 Å². The third-order valence-corrected chi connectivity index (χ3v) is 3.12. The van der Waals surface area contributed by atoms with Crippen molar-refractivity contribution in [3.63, 3.8) is 0 Å². The number of hydrogen-bond acceptors (Lipinski definition) is 2. The molecule has 0 unspecified atom stereocenters. The fourth-order valence-corrected chi connectivity index (χ4v) is 2.18. The quantitative estimate of drug-likeness (QED) is 0.745. The fraction of sp³-hybridized carbons (Fsp3) is 0.133. The Morgan fingerprint density at radius 2 is 1.78 bits per heavy atom. The van der Waals surface area contributed by atoms with Crippen molar-refractivity contribution in [2.75, 3.05) is 0 Å². The Morgan fingerprint density at radius 1 is 1.06 bits per heavy atom. The second-order valence-electron chi connectivity index (χ2n) is 4.40. The number of benzene rings is 2. The Hall–Kier alpha value is -2.29. The van der Waals surface area contributed by atoms with Crippen LogP contribution in [0, 0.1) is 6.92 Å². The maximum absolute atomic E-state index is 9.29. The summed E-state index contributed by atoms with van der Waals surface area (Å²) in [4.78, 5) is 4.54. The van der Waals surface area contributed by atoms with Crippen molar-refractivity contribution in [1.29, 1.82) is 0 Å². The number of phenolic OH excluding ortho intramolecular Hbond substituents is 1. The van der Waals surface area contributed by atoms with Gasteiger partial charge in [-0.2, -0.15) is 0 Å². The van der Waals surface area contributed by atoms with E-state index in [-0.39, 0.29) is 0 Å². The first-order valence-electron chi connectivity index (χ1n) is 5.94. The number of aromatic hydroxyl groups is 1. The summed E-state index contributed by atoms with van der Waals surface area (Å²) in [5, 5.41) is 9.29. The van der Waals surface area contributed by atoms with Crippen molar-refractivity contribution in [2.45, 2.75) is 13.5 Å². The molecule has 0 spiro atoms. The maximum atomic E-state index is 9.29. The summed E-state index contributed by atoms with van der Waals surface area (Å²) < 4.78 is 2.18. The van der Waals surface area contributed by atoms with Gasteiger partial charge in [-0.1, -0.05) is 24.3 Å². The van der Waals surface area contributed by atoms with Crippen LogP contribution in [-0.2, 0) is 6.54 Å². The lowest BCUT2D eigenvalue weighted by atomic mass is 10.2. The topological polar surface area (TPSA) is 38.0 Å². The van der Waals surface area contributed by atoms with E-state index < -0.39 is 0 Å². The number of phenols is 1. The zero-order chi connectivity index (χ0) is 12.5. The first kappa shape index (κ1) is 10.8. The minimum Gasteiger partial charge on any atom is -0.508 e. The number of aromatic nitrogens is 2. The van der Waals surface area contributed by atoms with Gasteiger partial charge in [-0.05, 0) is 36.8 Å². The highest BCUT2D eigenvalue weighted by atomic mass is 16.3. The number of rotatable bonds is 2. The van der Waals surface area contributed by atoms with E-state index in [0.29, 0.717) is 5.75 Å². The van der Waals surface area contributed by atoms with Gasteiger partial charge in [0.2, 0.25) is 0 Å². The minimum atomic E-state index is 0.297. The summed E-state index contributed by atoms with van der Waals surface area (Å²) in [7, 11) is 0. The molecule has 0 saturated heterocycles. The molecule has 3 nitrogen and oxygen atoms in total. The van der Waals surface area contributed by atoms with E-state index in [1.807, 2.05) is 37.3 Å². The molecule has 3 aromatic rings. The molecule has 0 aliphatic carbocycles. The second kappa shape index (κ2) is 4.18. The molecular formula is C15H14N2O. The van der Waals surface area contributed by atoms with Crippen LogP contribution in [0.3, 0.4) is 0 Å². The zero-order valence-corrected chi connectivity index (χ0v) is 10.2. The van der Waals surface area contributed by atoms with Crippen molar-refractivity contribution in [3.8, 4) is 5.75 Å². The Morgan fingerprint density at radius 3 is 2.56 bits per heavy atom. The van der Waals surface area contributed by atoms with Crippen molar-refractivity contribution in [2.24, 2.45) is 0 Å². The molecule has 0 aliphatic rings. The summed E-state index contributed by atoms with van der Waals surface area (Å²) in [6.45, 7) is 2.78. The van der Waals surface area contributed by atoms with Crippen LogP contribution in [-0.4, -0.2) is 14.7 Å². The molecule has 18 heavy (non-hydrogen) atoms. The maximum Gasteiger partial charge on any atom is 0.115 e. The van der Waals surface area contributed by atoms with E-state index in [2.05, 4.69) is 15.6 Å². The van der Waals surface area contributed by atoms with Crippen LogP contribution in [0.1, 0.15) is 11.4 Å². The lowest BCUT2D eigenvalue weighted by Crippen LogP contribution is -2.01. The molecular weight excluding hydrogens is 224 g/mol. The van der Waals surface area contributed by atoms with Gasteiger partial charge in [-0.3, -0.25) is 0 Å². The summed E-state index contributed by atoms with van der Waals surface area (Å²) in [5.74, 6) is 1.30. The van der Waals surface area contributed by atoms with E-state index in [0.717, 1.165) is 29.0 Å². The van der Waals surface area contributed by atoms with Gasteiger partial charge < -0.3 is 9.67 Å². The third-order valence-electron chi connectivity index (χ3n) is 3.12. The minimum absolute atomic E-state index is 0.297. The molecule has 0 atom stereocenters. The van der Waals surface area contributed by atoms with Crippen molar-refractivity contribution in [1.82, 2.24) is 9.55 Å². The number of aryl methyl sites for hydroxylation is 1. The Kier molecular flexibility index (Phi) is 2.52. The summed E-state index contributed by atoms with van der Waals surface area (Å²) >= 11 is 0. The molecule has 2 aromatic carbocycles. The summed E-state index contributed by atoms with van der Waals surface area (Å²) in [5.41, 5.74) is 3.32. The standard InChI is InChI=1S/C15H14N2O/c1-11-16-14-4-2-3-5-15(14)17(11)10-12-6-8-13(18)9-7-12/h2-9,18H,10H2,1H3. The summed E-state index contributed by atoms with van der Waals surface area (Å²) in [6.07, 6.45) is 0. The fourth-order valence-electron chi connectivity index (χ4n) is 2.18. The van der Waals surface area contributed by atoms with E-state index in [4.69, 9.17) is 0 Å². The molecule has 1 aromatic heterocycles. The van der Waals surface area contributed by atoms with Crippen molar-refractivity contribution >= 4 is 11.0 Å².